The summed E-state index contributed by atoms with van der Waals surface area (Å²) < 4.78 is 5.40. The fraction of sp³-hybridized carbons (Fsp3) is 0.333. The average molecular weight is 342 g/mol. The molecule has 1 aliphatic rings. The van der Waals surface area contributed by atoms with Crippen molar-refractivity contribution in [2.75, 3.05) is 36.5 Å². The highest BCUT2D eigenvalue weighted by atomic mass is 32.1. The molecule has 0 amide bonds. The predicted molar refractivity (Wildman–Crippen MR) is 101 cm³/mol. The number of pyridine rings is 1. The third kappa shape index (κ3) is 4.43. The van der Waals surface area contributed by atoms with E-state index in [0.717, 1.165) is 32.0 Å². The third-order valence-electron chi connectivity index (χ3n) is 4.04. The maximum absolute atomic E-state index is 5.40. The average Bonchev–Trinajstić information content (AvgIpc) is 2.63. The van der Waals surface area contributed by atoms with Gasteiger partial charge < -0.3 is 20.3 Å². The second kappa shape index (κ2) is 8.08. The maximum atomic E-state index is 5.40. The van der Waals surface area contributed by atoms with Crippen LogP contribution in [0.2, 0.25) is 0 Å². The van der Waals surface area contributed by atoms with Crippen LogP contribution in [0.25, 0.3) is 0 Å². The van der Waals surface area contributed by atoms with Crippen LogP contribution >= 0.6 is 12.2 Å². The number of aromatic nitrogens is 1. The van der Waals surface area contributed by atoms with Crippen molar-refractivity contribution >= 4 is 28.7 Å². The second-order valence-electron chi connectivity index (χ2n) is 5.75. The molecule has 3 rings (SSSR count). The Hall–Kier alpha value is -2.18. The van der Waals surface area contributed by atoms with Crippen LogP contribution < -0.4 is 15.5 Å². The van der Waals surface area contributed by atoms with Crippen molar-refractivity contribution in [3.8, 4) is 0 Å². The SMILES string of the molecule is C[C@H](NC(=S)Nc1cccnc1)c1ccc(N2CCOCC2)cc1. The summed E-state index contributed by atoms with van der Waals surface area (Å²) in [6.07, 6.45) is 3.48. The van der Waals surface area contributed by atoms with E-state index in [1.165, 1.54) is 11.3 Å². The van der Waals surface area contributed by atoms with Crippen molar-refractivity contribution in [2.45, 2.75) is 13.0 Å². The van der Waals surface area contributed by atoms with Crippen molar-refractivity contribution < 1.29 is 4.74 Å². The number of hydrogen-bond donors (Lipinski definition) is 2. The molecule has 5 nitrogen and oxygen atoms in total. The van der Waals surface area contributed by atoms with Crippen molar-refractivity contribution in [3.05, 3.63) is 54.4 Å². The topological polar surface area (TPSA) is 49.4 Å². The Kier molecular flexibility index (Phi) is 5.61. The van der Waals surface area contributed by atoms with Gasteiger partial charge in [0.25, 0.3) is 0 Å². The number of rotatable bonds is 4. The lowest BCUT2D eigenvalue weighted by Crippen LogP contribution is -2.36. The molecule has 0 radical (unpaired) electrons. The summed E-state index contributed by atoms with van der Waals surface area (Å²) in [5.41, 5.74) is 3.32. The molecule has 2 N–H and O–H groups in total. The Morgan fingerprint density at radius 2 is 1.96 bits per heavy atom. The van der Waals surface area contributed by atoms with Gasteiger partial charge in [0.1, 0.15) is 0 Å². The number of nitrogens with zero attached hydrogens (tertiary/aromatic N) is 2. The quantitative estimate of drug-likeness (QED) is 0.833. The number of benzene rings is 1. The monoisotopic (exact) mass is 342 g/mol. The van der Waals surface area contributed by atoms with Gasteiger partial charge in [0, 0.05) is 25.0 Å². The summed E-state index contributed by atoms with van der Waals surface area (Å²) >= 11 is 5.37. The van der Waals surface area contributed by atoms with E-state index < -0.39 is 0 Å². The van der Waals surface area contributed by atoms with Gasteiger partial charge in [-0.05, 0) is 49.0 Å². The Labute approximate surface area is 148 Å². The largest absolute Gasteiger partial charge is 0.378 e. The van der Waals surface area contributed by atoms with Crippen LogP contribution in [0.15, 0.2) is 48.8 Å². The summed E-state index contributed by atoms with van der Waals surface area (Å²) in [5, 5.41) is 7.03. The van der Waals surface area contributed by atoms with Crippen LogP contribution in [0.1, 0.15) is 18.5 Å². The summed E-state index contributed by atoms with van der Waals surface area (Å²) in [6, 6.07) is 12.6. The van der Waals surface area contributed by atoms with Crippen molar-refractivity contribution in [3.63, 3.8) is 0 Å². The number of morpholine rings is 1. The number of thiocarbonyl (C=S) groups is 1. The fourth-order valence-electron chi connectivity index (χ4n) is 2.68. The number of nitrogens with one attached hydrogen (secondary N) is 2. The van der Waals surface area contributed by atoms with Crippen molar-refractivity contribution in [1.82, 2.24) is 10.3 Å². The standard InChI is InChI=1S/C18H22N4OS/c1-14(20-18(24)21-16-3-2-8-19-13-16)15-4-6-17(7-5-15)22-9-11-23-12-10-22/h2-8,13-14H,9-12H2,1H3,(H2,20,21,24)/t14-/m0/s1. The minimum atomic E-state index is 0.125. The zero-order valence-electron chi connectivity index (χ0n) is 13.7. The van der Waals surface area contributed by atoms with E-state index in [-0.39, 0.29) is 6.04 Å². The summed E-state index contributed by atoms with van der Waals surface area (Å²) in [7, 11) is 0. The summed E-state index contributed by atoms with van der Waals surface area (Å²) in [4.78, 5) is 6.41. The van der Waals surface area contributed by atoms with Crippen molar-refractivity contribution in [2.24, 2.45) is 0 Å². The van der Waals surface area contributed by atoms with E-state index in [9.17, 15) is 0 Å². The Morgan fingerprint density at radius 3 is 2.62 bits per heavy atom. The van der Waals surface area contributed by atoms with E-state index >= 15 is 0 Å². The molecule has 2 heterocycles. The smallest absolute Gasteiger partial charge is 0.171 e. The van der Waals surface area contributed by atoms with E-state index in [2.05, 4.69) is 51.7 Å². The highest BCUT2D eigenvalue weighted by Crippen LogP contribution is 2.20. The molecule has 0 unspecified atom stereocenters. The minimum Gasteiger partial charge on any atom is -0.378 e. The molecule has 6 heteroatoms. The van der Waals surface area contributed by atoms with Gasteiger partial charge in [-0.25, -0.2) is 0 Å². The van der Waals surface area contributed by atoms with Crippen LogP contribution in [-0.2, 0) is 4.74 Å². The van der Waals surface area contributed by atoms with Crippen LogP contribution in [0.5, 0.6) is 0 Å². The molecule has 1 aliphatic heterocycles. The summed E-state index contributed by atoms with van der Waals surface area (Å²) in [6.45, 7) is 5.60. The van der Waals surface area contributed by atoms with Gasteiger partial charge in [0.2, 0.25) is 0 Å². The van der Waals surface area contributed by atoms with E-state index in [4.69, 9.17) is 17.0 Å². The van der Waals surface area contributed by atoms with E-state index in [0.29, 0.717) is 5.11 Å². The molecule has 24 heavy (non-hydrogen) atoms. The van der Waals surface area contributed by atoms with Crippen LogP contribution in [0, 0.1) is 0 Å². The van der Waals surface area contributed by atoms with Gasteiger partial charge in [-0.15, -0.1) is 0 Å². The molecule has 1 aromatic heterocycles. The molecule has 1 aromatic carbocycles. The van der Waals surface area contributed by atoms with Gasteiger partial charge in [0.05, 0.1) is 31.1 Å². The zero-order chi connectivity index (χ0) is 16.8. The first-order valence-corrected chi connectivity index (χ1v) is 8.53. The fourth-order valence-corrected chi connectivity index (χ4v) is 2.97. The van der Waals surface area contributed by atoms with Gasteiger partial charge in [0.15, 0.2) is 5.11 Å². The highest BCUT2D eigenvalue weighted by Gasteiger charge is 2.12. The number of anilines is 2. The summed E-state index contributed by atoms with van der Waals surface area (Å²) in [5.74, 6) is 0. The first kappa shape index (κ1) is 16.7. The lowest BCUT2D eigenvalue weighted by Gasteiger charge is -2.29. The van der Waals surface area contributed by atoms with Gasteiger partial charge in [-0.3, -0.25) is 4.98 Å². The predicted octanol–water partition coefficient (Wildman–Crippen LogP) is 2.97. The third-order valence-corrected chi connectivity index (χ3v) is 4.26. The molecule has 0 spiro atoms. The molecule has 0 bridgehead atoms. The van der Waals surface area contributed by atoms with Gasteiger partial charge in [-0.1, -0.05) is 12.1 Å². The molecule has 1 fully saturated rings. The molecule has 126 valence electrons. The minimum absolute atomic E-state index is 0.125. The Bertz CT molecular complexity index is 656. The lowest BCUT2D eigenvalue weighted by atomic mass is 10.1. The number of ether oxygens (including phenoxy) is 1. The van der Waals surface area contributed by atoms with E-state index in [1.807, 2.05) is 12.1 Å². The molecule has 0 saturated carbocycles. The van der Waals surface area contributed by atoms with Gasteiger partial charge in [-0.2, -0.15) is 0 Å². The highest BCUT2D eigenvalue weighted by molar-refractivity contribution is 7.80. The van der Waals surface area contributed by atoms with E-state index in [1.54, 1.807) is 12.4 Å². The molecule has 0 aliphatic carbocycles. The molecule has 2 aromatic rings. The zero-order valence-corrected chi connectivity index (χ0v) is 14.6. The Morgan fingerprint density at radius 1 is 1.21 bits per heavy atom. The number of hydrogen-bond acceptors (Lipinski definition) is 4. The van der Waals surface area contributed by atoms with Crippen LogP contribution in [0.3, 0.4) is 0 Å². The second-order valence-corrected chi connectivity index (χ2v) is 6.16. The molecular weight excluding hydrogens is 320 g/mol. The lowest BCUT2D eigenvalue weighted by molar-refractivity contribution is 0.122. The van der Waals surface area contributed by atoms with Crippen LogP contribution in [0.4, 0.5) is 11.4 Å². The molecule has 1 atom stereocenters. The first-order chi connectivity index (χ1) is 11.7. The Balaban J connectivity index is 1.56. The normalized spacial score (nSPS) is 15.6. The van der Waals surface area contributed by atoms with Gasteiger partial charge >= 0.3 is 0 Å². The molecular formula is C18H22N4OS. The molecule has 1 saturated heterocycles. The van der Waals surface area contributed by atoms with Crippen LogP contribution in [-0.4, -0.2) is 36.4 Å². The maximum Gasteiger partial charge on any atom is 0.171 e. The van der Waals surface area contributed by atoms with Crippen molar-refractivity contribution in [1.29, 1.82) is 0 Å². The first-order valence-electron chi connectivity index (χ1n) is 8.12.